The Morgan fingerprint density at radius 2 is 1.75 bits per heavy atom. The molecule has 0 heterocycles. The fourth-order valence-corrected chi connectivity index (χ4v) is 4.76. The van der Waals surface area contributed by atoms with Crippen LogP contribution in [0.15, 0.2) is 42.5 Å². The lowest BCUT2D eigenvalue weighted by atomic mass is 10.1. The molecular weight excluding hydrogens is 467 g/mol. The van der Waals surface area contributed by atoms with Crippen molar-refractivity contribution in [3.63, 3.8) is 0 Å². The molecule has 0 saturated heterocycles. The van der Waals surface area contributed by atoms with Crippen LogP contribution in [0.2, 0.25) is 15.1 Å². The lowest BCUT2D eigenvalue weighted by molar-refractivity contribution is -0.141. The van der Waals surface area contributed by atoms with Gasteiger partial charge in [0.25, 0.3) is 0 Å². The topological polar surface area (TPSA) is 49.4 Å². The van der Waals surface area contributed by atoms with Gasteiger partial charge < -0.3 is 10.2 Å². The van der Waals surface area contributed by atoms with Crippen molar-refractivity contribution >= 4 is 46.6 Å². The van der Waals surface area contributed by atoms with Crippen LogP contribution in [0, 0.1) is 0 Å². The largest absolute Gasteiger partial charge is 0.352 e. The molecule has 2 aromatic rings. The first kappa shape index (κ1) is 24.9. The molecule has 32 heavy (non-hydrogen) atoms. The average Bonchev–Trinajstić information content (AvgIpc) is 3.28. The Labute approximate surface area is 205 Å². The van der Waals surface area contributed by atoms with Gasteiger partial charge >= 0.3 is 0 Å². The van der Waals surface area contributed by atoms with Crippen LogP contribution in [0.25, 0.3) is 0 Å². The van der Waals surface area contributed by atoms with E-state index < -0.39 is 6.04 Å². The minimum absolute atomic E-state index is 0.0921. The Bertz CT molecular complexity index is 945. The predicted molar refractivity (Wildman–Crippen MR) is 131 cm³/mol. The third kappa shape index (κ3) is 6.63. The summed E-state index contributed by atoms with van der Waals surface area (Å²) in [5.41, 5.74) is 1.75. The van der Waals surface area contributed by atoms with Gasteiger partial charge in [-0.25, -0.2) is 0 Å². The van der Waals surface area contributed by atoms with E-state index in [1.807, 2.05) is 37.3 Å². The molecule has 0 spiro atoms. The van der Waals surface area contributed by atoms with Crippen molar-refractivity contribution in [1.29, 1.82) is 0 Å². The first-order valence-electron chi connectivity index (χ1n) is 11.2. The minimum Gasteiger partial charge on any atom is -0.352 e. The van der Waals surface area contributed by atoms with Gasteiger partial charge in [0, 0.05) is 24.0 Å². The average molecular weight is 496 g/mol. The number of halogens is 3. The van der Waals surface area contributed by atoms with Gasteiger partial charge in [-0.2, -0.15) is 0 Å². The van der Waals surface area contributed by atoms with Gasteiger partial charge in [0.15, 0.2) is 0 Å². The molecule has 1 unspecified atom stereocenters. The molecule has 0 bridgehead atoms. The Morgan fingerprint density at radius 3 is 2.41 bits per heavy atom. The predicted octanol–water partition coefficient (Wildman–Crippen LogP) is 6.45. The number of hydrogen-bond donors (Lipinski definition) is 1. The van der Waals surface area contributed by atoms with E-state index in [2.05, 4.69) is 5.32 Å². The van der Waals surface area contributed by atoms with E-state index in [1.54, 1.807) is 17.0 Å². The molecule has 172 valence electrons. The summed E-state index contributed by atoms with van der Waals surface area (Å²) in [6, 6.07) is 12.5. The van der Waals surface area contributed by atoms with Crippen LogP contribution < -0.4 is 5.32 Å². The van der Waals surface area contributed by atoms with Gasteiger partial charge in [0.05, 0.1) is 10.0 Å². The van der Waals surface area contributed by atoms with Crippen LogP contribution >= 0.6 is 34.8 Å². The highest BCUT2D eigenvalue weighted by atomic mass is 35.5. The third-order valence-corrected chi connectivity index (χ3v) is 7.10. The lowest BCUT2D eigenvalue weighted by Gasteiger charge is -2.31. The summed E-state index contributed by atoms with van der Waals surface area (Å²) < 4.78 is 0. The summed E-state index contributed by atoms with van der Waals surface area (Å²) in [5, 5.41) is 4.68. The van der Waals surface area contributed by atoms with Gasteiger partial charge in [-0.1, -0.05) is 78.8 Å². The second-order valence-corrected chi connectivity index (χ2v) is 9.50. The second-order valence-electron chi connectivity index (χ2n) is 8.28. The molecule has 7 heteroatoms. The monoisotopic (exact) mass is 494 g/mol. The standard InChI is InChI=1S/C25H29Cl3N2O2/c1-2-23(25(32)29-19-8-4-5-9-19)30(16-17-11-13-21(27)22(28)15-17)24(31)14-12-18-7-3-6-10-20(18)26/h3,6-7,10-11,13,15,19,23H,2,4-5,8-9,12,14,16H2,1H3,(H,29,32). The zero-order valence-electron chi connectivity index (χ0n) is 18.3. The second kappa shape index (κ2) is 11.9. The van der Waals surface area contributed by atoms with E-state index in [-0.39, 0.29) is 30.8 Å². The first-order valence-corrected chi connectivity index (χ1v) is 12.3. The number of carbonyl (C=O) groups excluding carboxylic acids is 2. The Hall–Kier alpha value is -1.75. The summed E-state index contributed by atoms with van der Waals surface area (Å²) in [5.74, 6) is -0.185. The molecule has 1 atom stereocenters. The SMILES string of the molecule is CCC(C(=O)NC1CCCC1)N(Cc1ccc(Cl)c(Cl)c1)C(=O)CCc1ccccc1Cl. The fourth-order valence-electron chi connectivity index (χ4n) is 4.21. The van der Waals surface area contributed by atoms with Crippen molar-refractivity contribution in [2.45, 2.75) is 70.5 Å². The smallest absolute Gasteiger partial charge is 0.243 e. The van der Waals surface area contributed by atoms with Crippen molar-refractivity contribution < 1.29 is 9.59 Å². The number of amides is 2. The van der Waals surface area contributed by atoms with E-state index in [4.69, 9.17) is 34.8 Å². The first-order chi connectivity index (χ1) is 15.4. The number of nitrogens with one attached hydrogen (secondary N) is 1. The number of nitrogens with zero attached hydrogens (tertiary/aromatic N) is 1. The number of benzene rings is 2. The van der Waals surface area contributed by atoms with E-state index >= 15 is 0 Å². The minimum atomic E-state index is -0.552. The van der Waals surface area contributed by atoms with Gasteiger partial charge in [0.1, 0.15) is 6.04 Å². The number of hydrogen-bond acceptors (Lipinski definition) is 2. The normalized spacial score (nSPS) is 14.9. The molecule has 3 rings (SSSR count). The van der Waals surface area contributed by atoms with E-state index in [0.717, 1.165) is 36.8 Å². The van der Waals surface area contributed by atoms with E-state index in [1.165, 1.54) is 0 Å². The van der Waals surface area contributed by atoms with Crippen molar-refractivity contribution in [1.82, 2.24) is 10.2 Å². The highest BCUT2D eigenvalue weighted by Gasteiger charge is 2.30. The van der Waals surface area contributed by atoms with Crippen LogP contribution in [-0.4, -0.2) is 28.8 Å². The number of carbonyl (C=O) groups is 2. The van der Waals surface area contributed by atoms with Crippen molar-refractivity contribution in [3.05, 3.63) is 68.7 Å². The highest BCUT2D eigenvalue weighted by molar-refractivity contribution is 6.42. The molecule has 1 aliphatic carbocycles. The van der Waals surface area contributed by atoms with Crippen LogP contribution in [0.1, 0.15) is 56.6 Å². The molecule has 2 amide bonds. The lowest BCUT2D eigenvalue weighted by Crippen LogP contribution is -2.51. The van der Waals surface area contributed by atoms with Crippen molar-refractivity contribution in [2.75, 3.05) is 0 Å². The fraction of sp³-hybridized carbons (Fsp3) is 0.440. The molecule has 0 aliphatic heterocycles. The summed E-state index contributed by atoms with van der Waals surface area (Å²) in [4.78, 5) is 28.2. The van der Waals surface area contributed by atoms with Crippen LogP contribution in [0.4, 0.5) is 0 Å². The zero-order chi connectivity index (χ0) is 23.1. The zero-order valence-corrected chi connectivity index (χ0v) is 20.5. The number of rotatable bonds is 9. The molecule has 4 nitrogen and oxygen atoms in total. The van der Waals surface area contributed by atoms with Crippen LogP contribution in [0.3, 0.4) is 0 Å². The highest BCUT2D eigenvalue weighted by Crippen LogP contribution is 2.25. The molecule has 0 radical (unpaired) electrons. The molecule has 2 aromatic carbocycles. The maximum atomic E-state index is 13.4. The molecule has 1 saturated carbocycles. The molecule has 1 aliphatic rings. The number of aryl methyl sites for hydroxylation is 1. The van der Waals surface area contributed by atoms with Crippen LogP contribution in [0.5, 0.6) is 0 Å². The Kier molecular flexibility index (Phi) is 9.27. The maximum absolute atomic E-state index is 13.4. The molecule has 1 N–H and O–H groups in total. The van der Waals surface area contributed by atoms with E-state index in [9.17, 15) is 9.59 Å². The quantitative estimate of drug-likeness (QED) is 0.435. The van der Waals surface area contributed by atoms with Crippen molar-refractivity contribution in [2.24, 2.45) is 0 Å². The van der Waals surface area contributed by atoms with Crippen LogP contribution in [-0.2, 0) is 22.6 Å². The molecular formula is C25H29Cl3N2O2. The summed E-state index contributed by atoms with van der Waals surface area (Å²) in [7, 11) is 0. The Morgan fingerprint density at radius 1 is 1.03 bits per heavy atom. The Balaban J connectivity index is 1.79. The summed E-state index contributed by atoms with van der Waals surface area (Å²) in [6.45, 7) is 2.22. The maximum Gasteiger partial charge on any atom is 0.243 e. The molecule has 0 aromatic heterocycles. The van der Waals surface area contributed by atoms with E-state index in [0.29, 0.717) is 27.9 Å². The molecule has 1 fully saturated rings. The van der Waals surface area contributed by atoms with Crippen molar-refractivity contribution in [3.8, 4) is 0 Å². The third-order valence-electron chi connectivity index (χ3n) is 5.99. The summed E-state index contributed by atoms with van der Waals surface area (Å²) >= 11 is 18.5. The van der Waals surface area contributed by atoms with Gasteiger partial charge in [0.2, 0.25) is 11.8 Å². The summed E-state index contributed by atoms with van der Waals surface area (Å²) in [6.07, 6.45) is 5.55. The van der Waals surface area contributed by atoms with Gasteiger partial charge in [-0.05, 0) is 55.0 Å². The van der Waals surface area contributed by atoms with Gasteiger partial charge in [-0.15, -0.1) is 0 Å². The van der Waals surface area contributed by atoms with Gasteiger partial charge in [-0.3, -0.25) is 9.59 Å².